The van der Waals surface area contributed by atoms with Crippen LogP contribution in [0.4, 0.5) is 0 Å². The van der Waals surface area contributed by atoms with E-state index in [1.807, 2.05) is 31.2 Å². The number of rotatable bonds is 5. The number of hydrogen-bond acceptors (Lipinski definition) is 4. The molecule has 2 rings (SSSR count). The number of nitrogens with zero attached hydrogens (tertiary/aromatic N) is 1. The summed E-state index contributed by atoms with van der Waals surface area (Å²) in [5, 5.41) is 12.6. The lowest BCUT2D eigenvalue weighted by molar-refractivity contribution is -0.150. The molecule has 0 radical (unpaired) electrons. The van der Waals surface area contributed by atoms with Crippen molar-refractivity contribution in [3.05, 3.63) is 41.7 Å². The van der Waals surface area contributed by atoms with Gasteiger partial charge in [-0.3, -0.25) is 0 Å². The van der Waals surface area contributed by atoms with Crippen molar-refractivity contribution in [3.8, 4) is 11.3 Å². The highest BCUT2D eigenvalue weighted by molar-refractivity contribution is 5.71. The fourth-order valence-electron chi connectivity index (χ4n) is 1.52. The van der Waals surface area contributed by atoms with E-state index < -0.39 is 12.1 Å². The number of benzene rings is 1. The van der Waals surface area contributed by atoms with E-state index in [-0.39, 0.29) is 6.61 Å². The van der Waals surface area contributed by atoms with Gasteiger partial charge in [-0.25, -0.2) is 4.79 Å². The van der Waals surface area contributed by atoms with Crippen LogP contribution in [0, 0.1) is 6.92 Å². The molecule has 1 atom stereocenters. The Morgan fingerprint density at radius 3 is 2.74 bits per heavy atom. The molecule has 0 bridgehead atoms. The third kappa shape index (κ3) is 3.42. The van der Waals surface area contributed by atoms with Crippen molar-refractivity contribution in [2.24, 2.45) is 0 Å². The minimum atomic E-state index is -1.00. The van der Waals surface area contributed by atoms with E-state index in [4.69, 9.17) is 14.4 Å². The van der Waals surface area contributed by atoms with Crippen LogP contribution in [-0.4, -0.2) is 22.3 Å². The van der Waals surface area contributed by atoms with Crippen molar-refractivity contribution in [2.45, 2.75) is 26.6 Å². The van der Waals surface area contributed by atoms with Crippen molar-refractivity contribution in [1.29, 1.82) is 0 Å². The Labute approximate surface area is 110 Å². The van der Waals surface area contributed by atoms with Gasteiger partial charge in [0, 0.05) is 11.6 Å². The van der Waals surface area contributed by atoms with E-state index in [2.05, 4.69) is 5.16 Å². The summed E-state index contributed by atoms with van der Waals surface area (Å²) in [6.07, 6.45) is -0.868. The summed E-state index contributed by atoms with van der Waals surface area (Å²) in [5.74, 6) is -0.498. The maximum absolute atomic E-state index is 10.6. The van der Waals surface area contributed by atoms with Crippen LogP contribution in [0.1, 0.15) is 18.2 Å². The van der Waals surface area contributed by atoms with Crippen molar-refractivity contribution in [3.63, 3.8) is 0 Å². The first-order chi connectivity index (χ1) is 9.06. The molecule has 1 N–H and O–H groups in total. The summed E-state index contributed by atoms with van der Waals surface area (Å²) in [7, 11) is 0. The predicted molar refractivity (Wildman–Crippen MR) is 68.6 cm³/mol. The van der Waals surface area contributed by atoms with Gasteiger partial charge in [-0.2, -0.15) is 0 Å². The van der Waals surface area contributed by atoms with E-state index >= 15 is 0 Å². The third-order valence-electron chi connectivity index (χ3n) is 2.73. The van der Waals surface area contributed by atoms with Crippen LogP contribution in [0.2, 0.25) is 0 Å². The molecule has 1 aromatic heterocycles. The van der Waals surface area contributed by atoms with E-state index in [1.54, 1.807) is 6.07 Å². The molecule has 0 saturated carbocycles. The molecule has 0 amide bonds. The molecule has 5 heteroatoms. The molecule has 0 fully saturated rings. The first kappa shape index (κ1) is 13.3. The minimum Gasteiger partial charge on any atom is -0.479 e. The summed E-state index contributed by atoms with van der Waals surface area (Å²) in [4.78, 5) is 10.6. The van der Waals surface area contributed by atoms with Crippen molar-refractivity contribution >= 4 is 5.97 Å². The number of hydrogen-bond donors (Lipinski definition) is 1. The van der Waals surface area contributed by atoms with Gasteiger partial charge in [-0.05, 0) is 13.8 Å². The predicted octanol–water partition coefficient (Wildman–Crippen LogP) is 2.64. The van der Waals surface area contributed by atoms with Crippen LogP contribution in [0.15, 0.2) is 34.9 Å². The largest absolute Gasteiger partial charge is 0.479 e. The van der Waals surface area contributed by atoms with Crippen molar-refractivity contribution in [1.82, 2.24) is 5.16 Å². The molecular formula is C14H15NO4. The Hall–Kier alpha value is -2.14. The Balaban J connectivity index is 2.03. The Morgan fingerprint density at radius 2 is 2.11 bits per heavy atom. The van der Waals surface area contributed by atoms with Gasteiger partial charge in [0.1, 0.15) is 12.3 Å². The number of aliphatic carboxylic acids is 1. The van der Waals surface area contributed by atoms with E-state index in [9.17, 15) is 4.79 Å². The molecule has 0 aliphatic rings. The minimum absolute atomic E-state index is 0.0896. The molecule has 19 heavy (non-hydrogen) atoms. The molecule has 0 saturated heterocycles. The van der Waals surface area contributed by atoms with Crippen LogP contribution in [0.3, 0.4) is 0 Å². The van der Waals surface area contributed by atoms with Gasteiger partial charge in [-0.1, -0.05) is 35.0 Å². The van der Waals surface area contributed by atoms with Crippen LogP contribution >= 0.6 is 0 Å². The van der Waals surface area contributed by atoms with Gasteiger partial charge in [-0.15, -0.1) is 0 Å². The fraction of sp³-hybridized carbons (Fsp3) is 0.286. The topological polar surface area (TPSA) is 72.6 Å². The number of carbonyl (C=O) groups is 1. The second-order valence-electron chi connectivity index (χ2n) is 4.34. The summed E-state index contributed by atoms with van der Waals surface area (Å²) in [5.41, 5.74) is 2.83. The Kier molecular flexibility index (Phi) is 3.97. The fourth-order valence-corrected chi connectivity index (χ4v) is 1.52. The monoisotopic (exact) mass is 261 g/mol. The Bertz CT molecular complexity index is 559. The molecule has 100 valence electrons. The summed E-state index contributed by atoms with van der Waals surface area (Å²) < 4.78 is 10.2. The van der Waals surface area contributed by atoms with Gasteiger partial charge < -0.3 is 14.4 Å². The van der Waals surface area contributed by atoms with Gasteiger partial charge in [0.25, 0.3) is 0 Å². The van der Waals surface area contributed by atoms with Gasteiger partial charge in [0.2, 0.25) is 0 Å². The van der Waals surface area contributed by atoms with Gasteiger partial charge >= 0.3 is 5.97 Å². The van der Waals surface area contributed by atoms with Crippen LogP contribution in [0.5, 0.6) is 0 Å². The smallest absolute Gasteiger partial charge is 0.332 e. The molecule has 0 aliphatic carbocycles. The van der Waals surface area contributed by atoms with E-state index in [0.29, 0.717) is 11.5 Å². The zero-order valence-corrected chi connectivity index (χ0v) is 10.8. The van der Waals surface area contributed by atoms with Crippen LogP contribution < -0.4 is 0 Å². The Morgan fingerprint density at radius 1 is 1.42 bits per heavy atom. The molecule has 1 aromatic carbocycles. The SMILES string of the molecule is Cc1ccc(-c2cc(COC(C)C(=O)O)on2)cc1. The molecule has 1 unspecified atom stereocenters. The number of carboxylic acid groups (broad SMARTS) is 1. The average Bonchev–Trinajstić information content (AvgIpc) is 2.85. The lowest BCUT2D eigenvalue weighted by Crippen LogP contribution is -2.19. The molecule has 0 aliphatic heterocycles. The van der Waals surface area contributed by atoms with Crippen molar-refractivity contribution < 1.29 is 19.2 Å². The number of ether oxygens (including phenoxy) is 1. The number of aryl methyl sites for hydroxylation is 1. The second kappa shape index (κ2) is 5.67. The highest BCUT2D eigenvalue weighted by atomic mass is 16.5. The summed E-state index contributed by atoms with van der Waals surface area (Å²) >= 11 is 0. The quantitative estimate of drug-likeness (QED) is 0.895. The lowest BCUT2D eigenvalue weighted by atomic mass is 10.1. The highest BCUT2D eigenvalue weighted by Gasteiger charge is 2.13. The second-order valence-corrected chi connectivity index (χ2v) is 4.34. The molecule has 1 heterocycles. The number of aromatic nitrogens is 1. The molecule has 5 nitrogen and oxygen atoms in total. The summed E-state index contributed by atoms with van der Waals surface area (Å²) in [6.45, 7) is 3.57. The maximum atomic E-state index is 10.6. The first-order valence-electron chi connectivity index (χ1n) is 5.93. The molecular weight excluding hydrogens is 246 g/mol. The lowest BCUT2D eigenvalue weighted by Gasteiger charge is -2.04. The molecule has 0 spiro atoms. The first-order valence-corrected chi connectivity index (χ1v) is 5.93. The van der Waals surface area contributed by atoms with Gasteiger partial charge in [0.15, 0.2) is 11.9 Å². The average molecular weight is 261 g/mol. The van der Waals surface area contributed by atoms with Gasteiger partial charge in [0.05, 0.1) is 0 Å². The zero-order chi connectivity index (χ0) is 13.8. The highest BCUT2D eigenvalue weighted by Crippen LogP contribution is 2.20. The molecule has 2 aromatic rings. The van der Waals surface area contributed by atoms with Crippen LogP contribution in [0.25, 0.3) is 11.3 Å². The zero-order valence-electron chi connectivity index (χ0n) is 10.8. The van der Waals surface area contributed by atoms with E-state index in [1.165, 1.54) is 12.5 Å². The normalized spacial score (nSPS) is 12.3. The third-order valence-corrected chi connectivity index (χ3v) is 2.73. The van der Waals surface area contributed by atoms with Crippen molar-refractivity contribution in [2.75, 3.05) is 0 Å². The standard InChI is InChI=1S/C14H15NO4/c1-9-3-5-11(6-4-9)13-7-12(19-15-13)8-18-10(2)14(16)17/h3-7,10H,8H2,1-2H3,(H,16,17). The van der Waals surface area contributed by atoms with E-state index in [0.717, 1.165) is 5.56 Å². The summed E-state index contributed by atoms with van der Waals surface area (Å²) in [6, 6.07) is 9.65. The van der Waals surface area contributed by atoms with Crippen LogP contribution in [-0.2, 0) is 16.1 Å². The maximum Gasteiger partial charge on any atom is 0.332 e. The number of carboxylic acids is 1.